The summed E-state index contributed by atoms with van der Waals surface area (Å²) in [5.74, 6) is 1.17. The number of nitrogens with zero attached hydrogens (tertiary/aromatic N) is 1. The SMILES string of the molecule is C[C@@H]1C=CCC=NC(C(OC2=CCC(Cl)C=C2)C(=O)C(C)(C)C)C1. The van der Waals surface area contributed by atoms with Crippen molar-refractivity contribution in [2.24, 2.45) is 16.3 Å². The third kappa shape index (κ3) is 5.34. The number of carbonyl (C=O) groups is 1. The van der Waals surface area contributed by atoms with Crippen molar-refractivity contribution in [1.82, 2.24) is 0 Å². The molecule has 0 amide bonds. The Bertz CT molecular complexity index is 569. The van der Waals surface area contributed by atoms with E-state index in [0.717, 1.165) is 25.0 Å². The van der Waals surface area contributed by atoms with Gasteiger partial charge in [-0.05, 0) is 30.9 Å². The standard InChI is InChI=1S/C20H28ClNO2/c1-14-7-5-6-12-22-17(13-14)18(19(23)20(2,3)4)24-16-10-8-15(21)9-11-16/h5,7-8,10-12,14-15,17-18H,6,9,13H2,1-4H3/t14-,15?,17?,18?/m1/s1. The van der Waals surface area contributed by atoms with Gasteiger partial charge in [0, 0.05) is 18.1 Å². The number of hydrogen-bond donors (Lipinski definition) is 0. The number of rotatable bonds is 4. The fraction of sp³-hybridized carbons (Fsp3) is 0.600. The van der Waals surface area contributed by atoms with E-state index in [1.807, 2.05) is 45.2 Å². The molecule has 1 aliphatic carbocycles. The van der Waals surface area contributed by atoms with Crippen LogP contribution in [0.15, 0.2) is 41.1 Å². The van der Waals surface area contributed by atoms with Crippen LogP contribution in [-0.4, -0.2) is 29.5 Å². The largest absolute Gasteiger partial charge is 0.481 e. The highest BCUT2D eigenvalue weighted by Gasteiger charge is 2.37. The summed E-state index contributed by atoms with van der Waals surface area (Å²) < 4.78 is 6.14. The number of ether oxygens (including phenoxy) is 1. The van der Waals surface area contributed by atoms with E-state index in [2.05, 4.69) is 24.1 Å². The summed E-state index contributed by atoms with van der Waals surface area (Å²) in [7, 11) is 0. The molecule has 0 aromatic carbocycles. The van der Waals surface area contributed by atoms with E-state index in [9.17, 15) is 4.79 Å². The number of carbonyl (C=O) groups excluding carboxylic acids is 1. The van der Waals surface area contributed by atoms with Gasteiger partial charge in [0.15, 0.2) is 11.9 Å². The van der Waals surface area contributed by atoms with Gasteiger partial charge >= 0.3 is 0 Å². The first-order valence-corrected chi connectivity index (χ1v) is 9.12. The maximum atomic E-state index is 13.0. The van der Waals surface area contributed by atoms with Crippen LogP contribution in [0.2, 0.25) is 0 Å². The van der Waals surface area contributed by atoms with Gasteiger partial charge in [0.05, 0.1) is 11.4 Å². The molecule has 2 aliphatic rings. The quantitative estimate of drug-likeness (QED) is 0.536. The number of ketones is 1. The number of allylic oxidation sites excluding steroid dienone is 5. The third-order valence-corrected chi connectivity index (χ3v) is 4.56. The predicted octanol–water partition coefficient (Wildman–Crippen LogP) is 4.86. The molecule has 0 fully saturated rings. The summed E-state index contributed by atoms with van der Waals surface area (Å²) >= 11 is 6.08. The van der Waals surface area contributed by atoms with E-state index < -0.39 is 11.5 Å². The van der Waals surface area contributed by atoms with Crippen LogP contribution in [0, 0.1) is 11.3 Å². The van der Waals surface area contributed by atoms with Crippen LogP contribution in [0.4, 0.5) is 0 Å². The molecule has 4 atom stereocenters. The van der Waals surface area contributed by atoms with Crippen LogP contribution in [0.5, 0.6) is 0 Å². The molecular formula is C20H28ClNO2. The molecule has 24 heavy (non-hydrogen) atoms. The molecule has 1 aliphatic heterocycles. The Morgan fingerprint density at radius 2 is 2.12 bits per heavy atom. The average molecular weight is 350 g/mol. The Morgan fingerprint density at radius 3 is 2.75 bits per heavy atom. The molecule has 0 radical (unpaired) electrons. The second kappa shape index (κ2) is 8.15. The summed E-state index contributed by atoms with van der Waals surface area (Å²) in [6, 6.07) is -0.167. The molecule has 0 saturated carbocycles. The third-order valence-electron chi connectivity index (χ3n) is 4.24. The van der Waals surface area contributed by atoms with Gasteiger partial charge in [-0.25, -0.2) is 0 Å². The first kappa shape index (κ1) is 19.0. The average Bonchev–Trinajstić information content (AvgIpc) is 2.49. The van der Waals surface area contributed by atoms with Gasteiger partial charge in [0.1, 0.15) is 5.76 Å². The van der Waals surface area contributed by atoms with E-state index in [0.29, 0.717) is 5.92 Å². The van der Waals surface area contributed by atoms with Crippen LogP contribution in [-0.2, 0) is 9.53 Å². The summed E-state index contributed by atoms with van der Waals surface area (Å²) in [6.07, 6.45) is 13.7. The zero-order chi connectivity index (χ0) is 17.7. The fourth-order valence-corrected chi connectivity index (χ4v) is 2.99. The van der Waals surface area contributed by atoms with Gasteiger partial charge in [0.2, 0.25) is 0 Å². The molecule has 3 nitrogen and oxygen atoms in total. The Balaban J connectivity index is 2.23. The minimum absolute atomic E-state index is 0.00121. The molecule has 0 bridgehead atoms. The van der Waals surface area contributed by atoms with Crippen LogP contribution in [0.1, 0.15) is 47.0 Å². The number of Topliss-reactive ketones (excluding diaryl/α,β-unsaturated/α-hetero) is 1. The van der Waals surface area contributed by atoms with Gasteiger partial charge in [-0.2, -0.15) is 0 Å². The summed E-state index contributed by atoms with van der Waals surface area (Å²) in [6.45, 7) is 7.95. The van der Waals surface area contributed by atoms with Gasteiger partial charge in [-0.1, -0.05) is 45.9 Å². The van der Waals surface area contributed by atoms with Crippen molar-refractivity contribution in [3.05, 3.63) is 36.1 Å². The Labute approximate surface area is 150 Å². The lowest BCUT2D eigenvalue weighted by molar-refractivity contribution is -0.137. The van der Waals surface area contributed by atoms with Gasteiger partial charge in [-0.3, -0.25) is 9.79 Å². The van der Waals surface area contributed by atoms with Gasteiger partial charge < -0.3 is 4.74 Å². The molecule has 0 aromatic heterocycles. The Hall–Kier alpha value is -1.35. The molecule has 0 aromatic rings. The van der Waals surface area contributed by atoms with Crippen molar-refractivity contribution in [1.29, 1.82) is 0 Å². The molecule has 0 N–H and O–H groups in total. The number of alkyl halides is 1. The van der Waals surface area contributed by atoms with Crippen molar-refractivity contribution in [2.75, 3.05) is 0 Å². The number of halogens is 1. The van der Waals surface area contributed by atoms with E-state index in [1.165, 1.54) is 0 Å². The lowest BCUT2D eigenvalue weighted by Crippen LogP contribution is -2.42. The summed E-state index contributed by atoms with van der Waals surface area (Å²) in [4.78, 5) is 17.7. The lowest BCUT2D eigenvalue weighted by Gasteiger charge is -2.31. The second-order valence-electron chi connectivity index (χ2n) is 7.65. The second-order valence-corrected chi connectivity index (χ2v) is 8.21. The van der Waals surface area contributed by atoms with Crippen LogP contribution in [0.3, 0.4) is 0 Å². The molecular weight excluding hydrogens is 322 g/mol. The number of aliphatic imine (C=N–C) groups is 1. The molecule has 0 saturated heterocycles. The maximum absolute atomic E-state index is 13.0. The molecule has 0 spiro atoms. The lowest BCUT2D eigenvalue weighted by atomic mass is 9.83. The Kier molecular flexibility index (Phi) is 6.45. The smallest absolute Gasteiger partial charge is 0.180 e. The first-order chi connectivity index (χ1) is 11.3. The summed E-state index contributed by atoms with van der Waals surface area (Å²) in [5, 5.41) is -0.00121. The zero-order valence-corrected chi connectivity index (χ0v) is 15.8. The maximum Gasteiger partial charge on any atom is 0.180 e. The number of hydrogen-bond acceptors (Lipinski definition) is 3. The monoisotopic (exact) mass is 349 g/mol. The topological polar surface area (TPSA) is 38.7 Å². The molecule has 132 valence electrons. The normalized spacial score (nSPS) is 28.7. The molecule has 4 heteroatoms. The van der Waals surface area contributed by atoms with Crippen molar-refractivity contribution >= 4 is 23.6 Å². The van der Waals surface area contributed by atoms with Crippen LogP contribution >= 0.6 is 11.6 Å². The minimum Gasteiger partial charge on any atom is -0.481 e. The molecule has 2 rings (SSSR count). The van der Waals surface area contributed by atoms with E-state index in [-0.39, 0.29) is 17.2 Å². The Morgan fingerprint density at radius 1 is 1.38 bits per heavy atom. The van der Waals surface area contributed by atoms with E-state index in [4.69, 9.17) is 16.3 Å². The zero-order valence-electron chi connectivity index (χ0n) is 15.0. The highest BCUT2D eigenvalue weighted by Crippen LogP contribution is 2.28. The fourth-order valence-electron chi connectivity index (χ4n) is 2.83. The first-order valence-electron chi connectivity index (χ1n) is 8.69. The minimum atomic E-state index is -0.571. The van der Waals surface area contributed by atoms with Gasteiger partial charge in [-0.15, -0.1) is 11.6 Å². The van der Waals surface area contributed by atoms with Crippen LogP contribution in [0.25, 0.3) is 0 Å². The van der Waals surface area contributed by atoms with Crippen molar-refractivity contribution in [3.8, 4) is 0 Å². The summed E-state index contributed by atoms with van der Waals surface area (Å²) in [5.41, 5.74) is -0.477. The molecule has 3 unspecified atom stereocenters. The van der Waals surface area contributed by atoms with E-state index in [1.54, 1.807) is 0 Å². The van der Waals surface area contributed by atoms with Gasteiger partial charge in [0.25, 0.3) is 0 Å². The van der Waals surface area contributed by atoms with E-state index >= 15 is 0 Å². The predicted molar refractivity (Wildman–Crippen MR) is 101 cm³/mol. The van der Waals surface area contributed by atoms with Crippen LogP contribution < -0.4 is 0 Å². The molecule has 1 heterocycles. The highest BCUT2D eigenvalue weighted by molar-refractivity contribution is 6.22. The van der Waals surface area contributed by atoms with Crippen molar-refractivity contribution in [2.45, 2.75) is 64.5 Å². The highest BCUT2D eigenvalue weighted by atomic mass is 35.5. The van der Waals surface area contributed by atoms with Crippen molar-refractivity contribution < 1.29 is 9.53 Å². The van der Waals surface area contributed by atoms with Crippen molar-refractivity contribution in [3.63, 3.8) is 0 Å².